The van der Waals surface area contributed by atoms with Gasteiger partial charge >= 0.3 is 0 Å². The molecule has 0 radical (unpaired) electrons. The van der Waals surface area contributed by atoms with Crippen molar-refractivity contribution in [1.82, 2.24) is 10.3 Å². The summed E-state index contributed by atoms with van der Waals surface area (Å²) in [6.45, 7) is 6.01. The monoisotopic (exact) mass is 332 g/mol. The molecule has 0 fully saturated rings. The lowest BCUT2D eigenvalue weighted by Crippen LogP contribution is -2.33. The summed E-state index contributed by atoms with van der Waals surface area (Å²) >= 11 is 0. The molecule has 1 amide bonds. The lowest BCUT2D eigenvalue weighted by Gasteiger charge is -2.15. The number of fused-ring (bicyclic) bond motifs is 1. The summed E-state index contributed by atoms with van der Waals surface area (Å²) in [6.07, 6.45) is 1.87. The van der Waals surface area contributed by atoms with E-state index in [9.17, 15) is 4.79 Å². The summed E-state index contributed by atoms with van der Waals surface area (Å²) in [5.41, 5.74) is 4.86. The van der Waals surface area contributed by atoms with E-state index < -0.39 is 0 Å². The zero-order valence-corrected chi connectivity index (χ0v) is 15.0. The number of hydrogen-bond donors (Lipinski definition) is 1. The molecular formula is C22H24N2O. The molecule has 0 aliphatic carbocycles. The summed E-state index contributed by atoms with van der Waals surface area (Å²) < 4.78 is 0. The standard InChI is InChI=1S/C22H24N2O/c1-15-9-12-21-19(13-15)20(14-17(3)23-21)22(25)24-16(2)10-11-18-7-5-4-6-8-18/h4-9,12-14,16H,10-11H2,1-3H3,(H,24,25)/t16-/m0/s1. The first kappa shape index (κ1) is 17.2. The molecule has 0 aliphatic heterocycles. The van der Waals surface area contributed by atoms with Crippen molar-refractivity contribution in [2.75, 3.05) is 0 Å². The predicted molar refractivity (Wildman–Crippen MR) is 103 cm³/mol. The van der Waals surface area contributed by atoms with Gasteiger partial charge in [0.25, 0.3) is 5.91 Å². The van der Waals surface area contributed by atoms with Gasteiger partial charge in [0.15, 0.2) is 0 Å². The minimum Gasteiger partial charge on any atom is -0.350 e. The van der Waals surface area contributed by atoms with Gasteiger partial charge < -0.3 is 5.32 Å². The summed E-state index contributed by atoms with van der Waals surface area (Å²) in [5.74, 6) is -0.0262. The highest BCUT2D eigenvalue weighted by Gasteiger charge is 2.14. The quantitative estimate of drug-likeness (QED) is 0.742. The van der Waals surface area contributed by atoms with Crippen LogP contribution in [0.4, 0.5) is 0 Å². The van der Waals surface area contributed by atoms with Gasteiger partial charge in [-0.05, 0) is 57.4 Å². The molecule has 0 spiro atoms. The van der Waals surface area contributed by atoms with Gasteiger partial charge in [0.05, 0.1) is 11.1 Å². The van der Waals surface area contributed by atoms with Gasteiger partial charge in [-0.2, -0.15) is 0 Å². The average molecular weight is 332 g/mol. The fraction of sp³-hybridized carbons (Fsp3) is 0.273. The van der Waals surface area contributed by atoms with Crippen LogP contribution in [0, 0.1) is 13.8 Å². The number of carbonyl (C=O) groups excluding carboxylic acids is 1. The van der Waals surface area contributed by atoms with E-state index in [1.54, 1.807) is 0 Å². The van der Waals surface area contributed by atoms with Gasteiger partial charge in [-0.25, -0.2) is 0 Å². The third kappa shape index (κ3) is 4.24. The minimum atomic E-state index is -0.0262. The van der Waals surface area contributed by atoms with Gasteiger partial charge in [-0.15, -0.1) is 0 Å². The van der Waals surface area contributed by atoms with Gasteiger partial charge in [-0.1, -0.05) is 42.0 Å². The summed E-state index contributed by atoms with van der Waals surface area (Å²) in [4.78, 5) is 17.3. The third-order valence-electron chi connectivity index (χ3n) is 4.42. The minimum absolute atomic E-state index is 0.0262. The number of carbonyl (C=O) groups is 1. The lowest BCUT2D eigenvalue weighted by molar-refractivity contribution is 0.0940. The first-order valence-electron chi connectivity index (χ1n) is 8.76. The van der Waals surface area contributed by atoms with E-state index in [0.717, 1.165) is 35.0 Å². The smallest absolute Gasteiger partial charge is 0.252 e. The van der Waals surface area contributed by atoms with Crippen LogP contribution in [0.15, 0.2) is 54.6 Å². The maximum absolute atomic E-state index is 12.8. The van der Waals surface area contributed by atoms with Crippen molar-refractivity contribution in [3.63, 3.8) is 0 Å². The number of hydrogen-bond acceptors (Lipinski definition) is 2. The Kier molecular flexibility index (Phi) is 5.13. The molecule has 3 aromatic rings. The van der Waals surface area contributed by atoms with E-state index >= 15 is 0 Å². The molecular weight excluding hydrogens is 308 g/mol. The number of pyridine rings is 1. The van der Waals surface area contributed by atoms with E-state index in [1.807, 2.05) is 56.3 Å². The maximum atomic E-state index is 12.8. The first-order chi connectivity index (χ1) is 12.0. The molecule has 128 valence electrons. The fourth-order valence-corrected chi connectivity index (χ4v) is 3.06. The van der Waals surface area contributed by atoms with Crippen LogP contribution in [-0.4, -0.2) is 16.9 Å². The second kappa shape index (κ2) is 7.47. The largest absolute Gasteiger partial charge is 0.350 e. The van der Waals surface area contributed by atoms with E-state index in [1.165, 1.54) is 5.56 Å². The Balaban J connectivity index is 1.74. The van der Waals surface area contributed by atoms with Crippen LogP contribution in [0.25, 0.3) is 10.9 Å². The molecule has 2 aromatic carbocycles. The molecule has 1 aromatic heterocycles. The van der Waals surface area contributed by atoms with Crippen molar-refractivity contribution in [2.45, 2.75) is 39.7 Å². The number of nitrogens with one attached hydrogen (secondary N) is 1. The van der Waals surface area contributed by atoms with Crippen molar-refractivity contribution in [3.8, 4) is 0 Å². The molecule has 1 atom stereocenters. The van der Waals surface area contributed by atoms with Crippen LogP contribution in [0.5, 0.6) is 0 Å². The number of rotatable bonds is 5. The van der Waals surface area contributed by atoms with Crippen molar-refractivity contribution < 1.29 is 4.79 Å². The highest BCUT2D eigenvalue weighted by Crippen LogP contribution is 2.20. The van der Waals surface area contributed by atoms with Crippen LogP contribution < -0.4 is 5.32 Å². The zero-order valence-electron chi connectivity index (χ0n) is 15.0. The highest BCUT2D eigenvalue weighted by atomic mass is 16.1. The molecule has 0 bridgehead atoms. The summed E-state index contributed by atoms with van der Waals surface area (Å²) in [5, 5.41) is 4.05. The Morgan fingerprint density at radius 1 is 1.08 bits per heavy atom. The zero-order chi connectivity index (χ0) is 17.8. The molecule has 3 rings (SSSR count). The number of nitrogens with zero attached hydrogens (tertiary/aromatic N) is 1. The highest BCUT2D eigenvalue weighted by molar-refractivity contribution is 6.06. The number of aryl methyl sites for hydroxylation is 3. The van der Waals surface area contributed by atoms with E-state index in [2.05, 4.69) is 29.4 Å². The maximum Gasteiger partial charge on any atom is 0.252 e. The molecule has 3 nitrogen and oxygen atoms in total. The average Bonchev–Trinajstić information content (AvgIpc) is 2.60. The Morgan fingerprint density at radius 2 is 1.84 bits per heavy atom. The normalized spacial score (nSPS) is 12.1. The molecule has 0 aliphatic rings. The van der Waals surface area contributed by atoms with Gasteiger partial charge in [-0.3, -0.25) is 9.78 Å². The van der Waals surface area contributed by atoms with Crippen LogP contribution in [-0.2, 0) is 6.42 Å². The van der Waals surface area contributed by atoms with Crippen molar-refractivity contribution in [2.24, 2.45) is 0 Å². The summed E-state index contributed by atoms with van der Waals surface area (Å²) in [7, 11) is 0. The van der Waals surface area contributed by atoms with Gasteiger partial charge in [0.2, 0.25) is 0 Å². The van der Waals surface area contributed by atoms with Crippen molar-refractivity contribution >= 4 is 16.8 Å². The van der Waals surface area contributed by atoms with E-state index in [-0.39, 0.29) is 11.9 Å². The van der Waals surface area contributed by atoms with Crippen LogP contribution in [0.3, 0.4) is 0 Å². The van der Waals surface area contributed by atoms with E-state index in [4.69, 9.17) is 0 Å². The number of aromatic nitrogens is 1. The predicted octanol–water partition coefficient (Wildman–Crippen LogP) is 4.60. The van der Waals surface area contributed by atoms with E-state index in [0.29, 0.717) is 5.56 Å². The SMILES string of the molecule is Cc1ccc2nc(C)cc(C(=O)N[C@@H](C)CCc3ccccc3)c2c1. The topological polar surface area (TPSA) is 42.0 Å². The number of amides is 1. The Labute approximate surface area is 149 Å². The molecule has 0 saturated carbocycles. The molecule has 1 heterocycles. The van der Waals surface area contributed by atoms with Crippen molar-refractivity contribution in [3.05, 3.63) is 77.0 Å². The Bertz CT molecular complexity index is 887. The second-order valence-electron chi connectivity index (χ2n) is 6.73. The third-order valence-corrected chi connectivity index (χ3v) is 4.42. The van der Waals surface area contributed by atoms with Crippen LogP contribution >= 0.6 is 0 Å². The van der Waals surface area contributed by atoms with Crippen LogP contribution in [0.2, 0.25) is 0 Å². The first-order valence-corrected chi connectivity index (χ1v) is 8.76. The van der Waals surface area contributed by atoms with Crippen molar-refractivity contribution in [1.29, 1.82) is 0 Å². The molecule has 25 heavy (non-hydrogen) atoms. The molecule has 0 unspecified atom stereocenters. The van der Waals surface area contributed by atoms with Crippen LogP contribution in [0.1, 0.15) is 40.5 Å². The Morgan fingerprint density at radius 3 is 2.60 bits per heavy atom. The lowest BCUT2D eigenvalue weighted by atomic mass is 10.0. The molecule has 3 heteroatoms. The van der Waals surface area contributed by atoms with Gasteiger partial charge in [0, 0.05) is 17.1 Å². The number of benzene rings is 2. The Hall–Kier alpha value is -2.68. The summed E-state index contributed by atoms with van der Waals surface area (Å²) in [6, 6.07) is 18.4. The fourth-order valence-electron chi connectivity index (χ4n) is 3.06. The molecule has 0 saturated heterocycles. The second-order valence-corrected chi connectivity index (χ2v) is 6.73. The molecule has 1 N–H and O–H groups in total. The van der Waals surface area contributed by atoms with Gasteiger partial charge in [0.1, 0.15) is 0 Å².